The minimum atomic E-state index is -0.379. The molecule has 1 heterocycles. The van der Waals surface area contributed by atoms with Gasteiger partial charge in [0, 0.05) is 17.3 Å². The fourth-order valence-electron chi connectivity index (χ4n) is 3.74. The molecule has 4 aromatic carbocycles. The smallest absolute Gasteiger partial charge is 0.262 e. The Bertz CT molecular complexity index is 1370. The van der Waals surface area contributed by atoms with Gasteiger partial charge in [-0.05, 0) is 35.9 Å². The number of anilines is 2. The lowest BCUT2D eigenvalue weighted by Gasteiger charge is -2.14. The van der Waals surface area contributed by atoms with Crippen LogP contribution >= 0.6 is 0 Å². The first-order valence-electron chi connectivity index (χ1n) is 11.0. The molecule has 2 N–H and O–H groups in total. The van der Waals surface area contributed by atoms with Crippen LogP contribution in [0.3, 0.4) is 0 Å². The highest BCUT2D eigenvalue weighted by Gasteiger charge is 2.17. The van der Waals surface area contributed by atoms with Crippen molar-refractivity contribution in [2.75, 3.05) is 24.0 Å². The Morgan fingerprint density at radius 1 is 0.771 bits per heavy atom. The molecule has 0 aliphatic carbocycles. The summed E-state index contributed by atoms with van der Waals surface area (Å²) in [7, 11) is 0. The van der Waals surface area contributed by atoms with Gasteiger partial charge in [-0.15, -0.1) is 0 Å². The molecule has 0 radical (unpaired) electrons. The first-order chi connectivity index (χ1) is 17.2. The summed E-state index contributed by atoms with van der Waals surface area (Å²) in [6.07, 6.45) is 0. The van der Waals surface area contributed by atoms with E-state index in [9.17, 15) is 9.59 Å². The van der Waals surface area contributed by atoms with Crippen molar-refractivity contribution in [2.24, 2.45) is 0 Å². The van der Waals surface area contributed by atoms with Crippen LogP contribution in [0.25, 0.3) is 11.1 Å². The van der Waals surface area contributed by atoms with Gasteiger partial charge in [0.1, 0.15) is 5.75 Å². The standard InChI is InChI=1S/C28H22N2O5/c31-27(17-33-24-13-7-5-10-21(24)19-8-2-1-3-9-19)30-23-12-6-4-11-22(23)28(32)29-20-14-15-25-26(16-20)35-18-34-25/h1-16H,17-18H2,(H,29,32)(H,30,31). The van der Waals surface area contributed by atoms with E-state index in [2.05, 4.69) is 10.6 Å². The molecule has 35 heavy (non-hydrogen) atoms. The zero-order valence-electron chi connectivity index (χ0n) is 18.7. The second-order valence-corrected chi connectivity index (χ2v) is 7.77. The highest BCUT2D eigenvalue weighted by molar-refractivity contribution is 6.10. The molecule has 0 unspecified atom stereocenters. The number of carbonyl (C=O) groups is 2. The highest BCUT2D eigenvalue weighted by Crippen LogP contribution is 2.34. The van der Waals surface area contributed by atoms with Gasteiger partial charge in [-0.2, -0.15) is 0 Å². The van der Waals surface area contributed by atoms with Gasteiger partial charge in [-0.3, -0.25) is 9.59 Å². The van der Waals surface area contributed by atoms with E-state index in [1.807, 2.05) is 54.6 Å². The third-order valence-electron chi connectivity index (χ3n) is 5.41. The number of hydrogen-bond acceptors (Lipinski definition) is 5. The summed E-state index contributed by atoms with van der Waals surface area (Å²) in [5.41, 5.74) is 3.15. The lowest BCUT2D eigenvalue weighted by Crippen LogP contribution is -2.23. The van der Waals surface area contributed by atoms with Gasteiger partial charge in [0.15, 0.2) is 18.1 Å². The van der Waals surface area contributed by atoms with E-state index in [-0.39, 0.29) is 25.2 Å². The first kappa shape index (κ1) is 22.0. The lowest BCUT2D eigenvalue weighted by molar-refractivity contribution is -0.118. The Morgan fingerprint density at radius 2 is 1.51 bits per heavy atom. The zero-order chi connectivity index (χ0) is 24.0. The van der Waals surface area contributed by atoms with Gasteiger partial charge < -0.3 is 24.8 Å². The second-order valence-electron chi connectivity index (χ2n) is 7.77. The van der Waals surface area contributed by atoms with Crippen LogP contribution in [0, 0.1) is 0 Å². The molecule has 1 aliphatic heterocycles. The summed E-state index contributed by atoms with van der Waals surface area (Å²) in [4.78, 5) is 25.6. The maximum absolute atomic E-state index is 12.9. The van der Waals surface area contributed by atoms with E-state index >= 15 is 0 Å². The van der Waals surface area contributed by atoms with Crippen molar-refractivity contribution in [1.82, 2.24) is 0 Å². The van der Waals surface area contributed by atoms with Gasteiger partial charge in [0.25, 0.3) is 11.8 Å². The summed E-state index contributed by atoms with van der Waals surface area (Å²) in [5.74, 6) is 1.05. The van der Waals surface area contributed by atoms with Crippen molar-refractivity contribution >= 4 is 23.2 Å². The molecule has 0 fully saturated rings. The summed E-state index contributed by atoms with van der Waals surface area (Å²) in [6, 6.07) is 29.3. The molecule has 7 nitrogen and oxygen atoms in total. The monoisotopic (exact) mass is 466 g/mol. The number of nitrogens with one attached hydrogen (secondary N) is 2. The van der Waals surface area contributed by atoms with Crippen LogP contribution in [0.4, 0.5) is 11.4 Å². The van der Waals surface area contributed by atoms with Crippen LogP contribution < -0.4 is 24.8 Å². The van der Waals surface area contributed by atoms with Crippen LogP contribution in [0.2, 0.25) is 0 Å². The van der Waals surface area contributed by atoms with Crippen LogP contribution in [0.15, 0.2) is 97.1 Å². The molecule has 0 bridgehead atoms. The molecule has 0 saturated heterocycles. The molecule has 0 saturated carbocycles. The number of carbonyl (C=O) groups excluding carboxylic acids is 2. The number of benzene rings is 4. The summed E-state index contributed by atoms with van der Waals surface area (Å²) < 4.78 is 16.5. The molecule has 2 amide bonds. The quantitative estimate of drug-likeness (QED) is 0.383. The first-order valence-corrected chi connectivity index (χ1v) is 11.0. The van der Waals surface area contributed by atoms with E-state index in [1.165, 1.54) is 0 Å². The number of para-hydroxylation sites is 2. The van der Waals surface area contributed by atoms with E-state index in [4.69, 9.17) is 14.2 Å². The molecular weight excluding hydrogens is 444 g/mol. The molecular formula is C28H22N2O5. The highest BCUT2D eigenvalue weighted by atomic mass is 16.7. The largest absolute Gasteiger partial charge is 0.483 e. The maximum Gasteiger partial charge on any atom is 0.262 e. The van der Waals surface area contributed by atoms with Gasteiger partial charge in [0.2, 0.25) is 6.79 Å². The predicted molar refractivity (Wildman–Crippen MR) is 133 cm³/mol. The Labute approximate surface area is 202 Å². The van der Waals surface area contributed by atoms with Crippen molar-refractivity contribution in [2.45, 2.75) is 0 Å². The van der Waals surface area contributed by atoms with Crippen LogP contribution in [0.5, 0.6) is 17.2 Å². The van der Waals surface area contributed by atoms with Crippen LogP contribution in [-0.4, -0.2) is 25.2 Å². The molecule has 0 spiro atoms. The number of hydrogen-bond donors (Lipinski definition) is 2. The minimum Gasteiger partial charge on any atom is -0.483 e. The Balaban J connectivity index is 1.25. The Morgan fingerprint density at radius 3 is 2.40 bits per heavy atom. The number of rotatable bonds is 7. The average Bonchev–Trinajstić information content (AvgIpc) is 3.36. The van der Waals surface area contributed by atoms with Crippen LogP contribution in [-0.2, 0) is 4.79 Å². The van der Waals surface area contributed by atoms with Crippen molar-refractivity contribution in [3.63, 3.8) is 0 Å². The summed E-state index contributed by atoms with van der Waals surface area (Å²) in [6.45, 7) is -0.0541. The van der Waals surface area contributed by atoms with E-state index in [1.54, 1.807) is 42.5 Å². The van der Waals surface area contributed by atoms with Gasteiger partial charge >= 0.3 is 0 Å². The van der Waals surface area contributed by atoms with E-state index in [0.717, 1.165) is 11.1 Å². The predicted octanol–water partition coefficient (Wildman–Crippen LogP) is 5.35. The molecule has 174 valence electrons. The van der Waals surface area contributed by atoms with Crippen molar-refractivity contribution in [3.8, 4) is 28.4 Å². The van der Waals surface area contributed by atoms with E-state index in [0.29, 0.717) is 34.2 Å². The van der Waals surface area contributed by atoms with Gasteiger partial charge in [-0.1, -0.05) is 60.7 Å². The molecule has 0 aromatic heterocycles. The summed E-state index contributed by atoms with van der Waals surface area (Å²) >= 11 is 0. The van der Waals surface area contributed by atoms with Crippen molar-refractivity contribution in [1.29, 1.82) is 0 Å². The molecule has 1 aliphatic rings. The molecule has 5 rings (SSSR count). The normalized spacial score (nSPS) is 11.5. The minimum absolute atomic E-state index is 0.152. The molecule has 4 aromatic rings. The Kier molecular flexibility index (Phi) is 6.30. The van der Waals surface area contributed by atoms with Crippen LogP contribution in [0.1, 0.15) is 10.4 Å². The van der Waals surface area contributed by atoms with E-state index < -0.39 is 0 Å². The topological polar surface area (TPSA) is 85.9 Å². The molecule has 7 heteroatoms. The second kappa shape index (κ2) is 10.0. The SMILES string of the molecule is O=C(COc1ccccc1-c1ccccc1)Nc1ccccc1C(=O)Nc1ccc2c(c1)OCO2. The van der Waals surface area contributed by atoms with Gasteiger partial charge in [0.05, 0.1) is 11.3 Å². The third-order valence-corrected chi connectivity index (χ3v) is 5.41. The zero-order valence-corrected chi connectivity index (χ0v) is 18.7. The maximum atomic E-state index is 12.9. The molecule has 0 atom stereocenters. The fraction of sp³-hybridized carbons (Fsp3) is 0.0714. The third kappa shape index (κ3) is 5.09. The average molecular weight is 466 g/mol. The Hall–Kier alpha value is -4.78. The number of amides is 2. The van der Waals surface area contributed by atoms with Gasteiger partial charge in [-0.25, -0.2) is 0 Å². The summed E-state index contributed by atoms with van der Waals surface area (Å²) in [5, 5.41) is 5.61. The fourth-order valence-corrected chi connectivity index (χ4v) is 3.74. The van der Waals surface area contributed by atoms with Crippen molar-refractivity contribution < 1.29 is 23.8 Å². The lowest BCUT2D eigenvalue weighted by atomic mass is 10.1. The number of fused-ring (bicyclic) bond motifs is 1. The van der Waals surface area contributed by atoms with Crippen molar-refractivity contribution in [3.05, 3.63) is 103 Å². The number of ether oxygens (including phenoxy) is 3.